The van der Waals surface area contributed by atoms with Crippen molar-refractivity contribution >= 4 is 38.1 Å². The van der Waals surface area contributed by atoms with Crippen LogP contribution < -0.4 is 4.74 Å². The Bertz CT molecular complexity index is 1040. The van der Waals surface area contributed by atoms with Crippen LogP contribution in [0.4, 0.5) is 0 Å². The van der Waals surface area contributed by atoms with E-state index in [0.717, 1.165) is 5.52 Å². The highest BCUT2D eigenvalue weighted by Gasteiger charge is 2.44. The number of aromatic nitrogens is 1. The summed E-state index contributed by atoms with van der Waals surface area (Å²) in [5, 5.41) is 43.6. The molecule has 0 bridgehead atoms. The molecule has 1 aromatic heterocycles. The highest BCUT2D eigenvalue weighted by Crippen LogP contribution is 2.33. The van der Waals surface area contributed by atoms with Crippen molar-refractivity contribution in [2.75, 3.05) is 13.7 Å². The summed E-state index contributed by atoms with van der Waals surface area (Å²) in [4.78, 5) is 3.04. The molecule has 0 amide bonds. The lowest BCUT2D eigenvalue weighted by Gasteiger charge is -2.39. The van der Waals surface area contributed by atoms with Crippen LogP contribution in [-0.2, 0) is 25.8 Å². The van der Waals surface area contributed by atoms with Gasteiger partial charge in [0.05, 0.1) is 13.7 Å². The third kappa shape index (κ3) is 5.48. The molecule has 1 fully saturated rings. The van der Waals surface area contributed by atoms with Gasteiger partial charge >= 0.3 is 10.4 Å². The molecule has 6 N–H and O–H groups in total. The van der Waals surface area contributed by atoms with Gasteiger partial charge in [-0.3, -0.25) is 4.55 Å². The van der Waals surface area contributed by atoms with Gasteiger partial charge in [-0.25, -0.2) is 4.28 Å². The Morgan fingerprint density at radius 2 is 2.00 bits per heavy atom. The Labute approximate surface area is 181 Å². The van der Waals surface area contributed by atoms with Crippen molar-refractivity contribution in [2.24, 2.45) is 5.16 Å². The summed E-state index contributed by atoms with van der Waals surface area (Å²) in [6.45, 7) is -0.629. The van der Waals surface area contributed by atoms with E-state index in [0.29, 0.717) is 28.5 Å². The van der Waals surface area contributed by atoms with Crippen LogP contribution in [0.25, 0.3) is 10.9 Å². The van der Waals surface area contributed by atoms with Gasteiger partial charge in [-0.1, -0.05) is 23.0 Å². The summed E-state index contributed by atoms with van der Waals surface area (Å²) >= 11 is 0.700. The smallest absolute Gasteiger partial charge is 0.466 e. The van der Waals surface area contributed by atoms with E-state index in [4.69, 9.17) is 14.0 Å². The van der Waals surface area contributed by atoms with E-state index in [1.807, 2.05) is 0 Å². The van der Waals surface area contributed by atoms with Crippen LogP contribution in [-0.4, -0.2) is 87.0 Å². The molecule has 14 heteroatoms. The predicted molar refractivity (Wildman–Crippen MR) is 110 cm³/mol. The largest absolute Gasteiger partial charge is 0.496 e. The molecular weight excluding hydrogens is 456 g/mol. The van der Waals surface area contributed by atoms with Crippen molar-refractivity contribution in [2.45, 2.75) is 36.3 Å². The van der Waals surface area contributed by atoms with Crippen LogP contribution in [0.2, 0.25) is 0 Å². The number of aliphatic hydroxyl groups is 4. The maximum Gasteiger partial charge on any atom is 0.466 e. The number of nitrogens with zero attached hydrogens (tertiary/aromatic N) is 1. The Balaban J connectivity index is 1.91. The number of H-pyrrole nitrogens is 1. The number of rotatable bonds is 7. The van der Waals surface area contributed by atoms with Gasteiger partial charge < -0.3 is 34.9 Å². The van der Waals surface area contributed by atoms with Crippen LogP contribution >= 0.6 is 11.8 Å². The molecule has 172 valence electrons. The topological polar surface area (TPSA) is 191 Å². The van der Waals surface area contributed by atoms with Crippen molar-refractivity contribution < 1.29 is 47.2 Å². The van der Waals surface area contributed by atoms with E-state index in [1.165, 1.54) is 7.11 Å². The molecule has 0 saturated carbocycles. The molecule has 0 radical (unpaired) electrons. The molecule has 12 nitrogen and oxygen atoms in total. The van der Waals surface area contributed by atoms with Crippen LogP contribution in [0, 0.1) is 0 Å². The first-order valence-electron chi connectivity index (χ1n) is 8.97. The number of oxime groups is 1. The second-order valence-corrected chi connectivity index (χ2v) is 8.85. The van der Waals surface area contributed by atoms with Crippen molar-refractivity contribution in [1.29, 1.82) is 0 Å². The van der Waals surface area contributed by atoms with Crippen molar-refractivity contribution in [3.8, 4) is 5.75 Å². The molecule has 1 saturated heterocycles. The summed E-state index contributed by atoms with van der Waals surface area (Å²) < 4.78 is 45.8. The van der Waals surface area contributed by atoms with Crippen LogP contribution in [0.5, 0.6) is 5.75 Å². The molecule has 3 rings (SSSR count). The Morgan fingerprint density at radius 1 is 1.26 bits per heavy atom. The maximum atomic E-state index is 11.0. The van der Waals surface area contributed by atoms with E-state index in [2.05, 4.69) is 14.4 Å². The number of benzene rings is 1. The molecule has 2 aromatic rings. The molecular formula is C17H22N2O10S2. The molecule has 5 unspecified atom stereocenters. The second kappa shape index (κ2) is 9.70. The fourth-order valence-electron chi connectivity index (χ4n) is 3.18. The standard InChI is InChI=1S/C17H22N2O10S2/c1-27-10-4-2-3-9-13(10)8(6-18-9)5-12(19-29-31(24,25)26)30-17-16(23)15(22)14(21)11(7-20)28-17/h2-4,6,11,14-18,20-23H,5,7H2,1H3,(H,24,25,26)/b19-12-. The molecule has 1 aliphatic rings. The number of hydrogen-bond acceptors (Lipinski definition) is 11. The lowest BCUT2D eigenvalue weighted by molar-refractivity contribution is -0.205. The molecule has 2 heterocycles. The van der Waals surface area contributed by atoms with Gasteiger partial charge in [0, 0.05) is 23.5 Å². The number of thioether (sulfide) groups is 1. The number of aromatic amines is 1. The van der Waals surface area contributed by atoms with E-state index < -0.39 is 46.9 Å². The normalized spacial score (nSPS) is 27.4. The summed E-state index contributed by atoms with van der Waals surface area (Å²) in [5.74, 6) is 0.543. The Kier molecular flexibility index (Phi) is 7.43. The number of aliphatic hydroxyl groups excluding tert-OH is 4. The summed E-state index contributed by atoms with van der Waals surface area (Å²) in [6.07, 6.45) is -4.31. The highest BCUT2D eigenvalue weighted by atomic mass is 32.3. The van der Waals surface area contributed by atoms with E-state index >= 15 is 0 Å². The minimum atomic E-state index is -4.91. The minimum Gasteiger partial charge on any atom is -0.496 e. The van der Waals surface area contributed by atoms with Gasteiger partial charge in [-0.15, -0.1) is 0 Å². The quantitative estimate of drug-likeness (QED) is 0.129. The lowest BCUT2D eigenvalue weighted by Crippen LogP contribution is -2.57. The van der Waals surface area contributed by atoms with Crippen molar-refractivity contribution in [3.63, 3.8) is 0 Å². The Morgan fingerprint density at radius 3 is 2.65 bits per heavy atom. The maximum absolute atomic E-state index is 11.0. The van der Waals surface area contributed by atoms with Gasteiger partial charge in [0.25, 0.3) is 0 Å². The number of methoxy groups -OCH3 is 1. The number of ether oxygens (including phenoxy) is 2. The molecule has 0 spiro atoms. The SMILES string of the molecule is COc1cccc2[nH]cc(C/C(=N/OS(=O)(=O)O)SC3OC(CO)C(O)C(O)C3O)c12. The summed E-state index contributed by atoms with van der Waals surface area (Å²) in [7, 11) is -3.42. The van der Waals surface area contributed by atoms with Crippen LogP contribution in [0.15, 0.2) is 29.6 Å². The lowest BCUT2D eigenvalue weighted by atomic mass is 10.0. The summed E-state index contributed by atoms with van der Waals surface area (Å²) in [5.41, 5.74) is 0.135. The molecule has 1 aliphatic heterocycles. The van der Waals surface area contributed by atoms with Crippen molar-refractivity contribution in [3.05, 3.63) is 30.0 Å². The third-order valence-electron chi connectivity index (χ3n) is 4.64. The molecule has 5 atom stereocenters. The minimum absolute atomic E-state index is 0.0322. The van der Waals surface area contributed by atoms with Crippen LogP contribution in [0.3, 0.4) is 0 Å². The third-order valence-corrected chi connectivity index (χ3v) is 6.02. The number of hydrogen-bond donors (Lipinski definition) is 6. The molecule has 1 aromatic carbocycles. The van der Waals surface area contributed by atoms with E-state index in [-0.39, 0.29) is 11.5 Å². The van der Waals surface area contributed by atoms with Gasteiger partial charge in [0.2, 0.25) is 0 Å². The van der Waals surface area contributed by atoms with E-state index in [9.17, 15) is 28.8 Å². The average Bonchev–Trinajstić information content (AvgIpc) is 3.14. The van der Waals surface area contributed by atoms with Crippen LogP contribution in [0.1, 0.15) is 5.56 Å². The molecule has 0 aliphatic carbocycles. The predicted octanol–water partition coefficient (Wildman–Crippen LogP) is -0.615. The summed E-state index contributed by atoms with van der Waals surface area (Å²) in [6, 6.07) is 5.31. The first kappa shape index (κ1) is 23.7. The molecule has 31 heavy (non-hydrogen) atoms. The zero-order valence-electron chi connectivity index (χ0n) is 16.2. The second-order valence-electron chi connectivity index (χ2n) is 6.68. The number of nitrogens with one attached hydrogen (secondary N) is 1. The van der Waals surface area contributed by atoms with Crippen molar-refractivity contribution in [1.82, 2.24) is 4.98 Å². The van der Waals surface area contributed by atoms with E-state index in [1.54, 1.807) is 24.4 Å². The first-order valence-corrected chi connectivity index (χ1v) is 11.2. The van der Waals surface area contributed by atoms with Gasteiger partial charge in [0.1, 0.15) is 40.6 Å². The first-order chi connectivity index (χ1) is 14.6. The fraction of sp³-hybridized carbons (Fsp3) is 0.471. The fourth-order valence-corrected chi connectivity index (χ4v) is 4.49. The zero-order valence-corrected chi connectivity index (χ0v) is 17.8. The van der Waals surface area contributed by atoms with Gasteiger partial charge in [-0.05, 0) is 17.7 Å². The monoisotopic (exact) mass is 478 g/mol. The van der Waals surface area contributed by atoms with Gasteiger partial charge in [-0.2, -0.15) is 8.42 Å². The van der Waals surface area contributed by atoms with Gasteiger partial charge in [0.15, 0.2) is 0 Å². The average molecular weight is 479 g/mol. The Hall–Kier alpha value is -1.91. The number of fused-ring (bicyclic) bond motifs is 1. The highest BCUT2D eigenvalue weighted by molar-refractivity contribution is 8.14. The zero-order chi connectivity index (χ0) is 22.8.